The molecule has 2 aliphatic heterocycles. The van der Waals surface area contributed by atoms with E-state index >= 15 is 0 Å². The molecule has 0 saturated carbocycles. The van der Waals surface area contributed by atoms with Crippen molar-refractivity contribution in [2.24, 2.45) is 0 Å². The molecule has 0 radical (unpaired) electrons. The molecule has 1 atom stereocenters. The second-order valence-electron chi connectivity index (χ2n) is 9.43. The van der Waals surface area contributed by atoms with Crippen LogP contribution in [0.5, 0.6) is 17.2 Å². The van der Waals surface area contributed by atoms with E-state index < -0.39 is 18.0 Å². The van der Waals surface area contributed by atoms with Gasteiger partial charge >= 0.3 is 6.09 Å². The van der Waals surface area contributed by atoms with Crippen molar-refractivity contribution in [3.8, 4) is 17.2 Å². The first-order chi connectivity index (χ1) is 19.2. The Labute approximate surface area is 229 Å². The van der Waals surface area contributed by atoms with E-state index in [1.807, 2.05) is 0 Å². The maximum absolute atomic E-state index is 13.3. The molecule has 0 spiro atoms. The number of rotatable bonds is 7. The van der Waals surface area contributed by atoms with Crippen LogP contribution in [0.4, 0.5) is 14.9 Å². The summed E-state index contributed by atoms with van der Waals surface area (Å²) in [5, 5.41) is 4.96. The van der Waals surface area contributed by atoms with Gasteiger partial charge in [0.1, 0.15) is 35.7 Å². The van der Waals surface area contributed by atoms with Crippen molar-refractivity contribution in [1.29, 1.82) is 0 Å². The summed E-state index contributed by atoms with van der Waals surface area (Å²) in [5.74, 6) is -0.341. The lowest BCUT2D eigenvalue weighted by Gasteiger charge is -2.29. The summed E-state index contributed by atoms with van der Waals surface area (Å²) in [6.45, 7) is 1.83. The van der Waals surface area contributed by atoms with Crippen LogP contribution < -0.4 is 20.1 Å². The number of carbonyl (C=O) groups is 4. The maximum atomic E-state index is 13.3. The fourth-order valence-electron chi connectivity index (χ4n) is 4.78. The largest absolute Gasteiger partial charge is 0.495 e. The third kappa shape index (κ3) is 5.44. The highest BCUT2D eigenvalue weighted by molar-refractivity contribution is 6.06. The number of fused-ring (bicyclic) bond motifs is 1. The van der Waals surface area contributed by atoms with Crippen LogP contribution >= 0.6 is 0 Å². The first kappa shape index (κ1) is 26.7. The number of benzene rings is 3. The Morgan fingerprint density at radius 3 is 2.52 bits per heavy atom. The first-order valence-electron chi connectivity index (χ1n) is 12.5. The zero-order valence-corrected chi connectivity index (χ0v) is 21.8. The molecule has 40 heavy (non-hydrogen) atoms. The average molecular weight is 548 g/mol. The van der Waals surface area contributed by atoms with Gasteiger partial charge in [-0.05, 0) is 66.9 Å². The second kappa shape index (κ2) is 11.0. The molecule has 0 aromatic heterocycles. The Balaban J connectivity index is 1.23. The minimum atomic E-state index is -0.747. The molecule has 3 aromatic rings. The van der Waals surface area contributed by atoms with Crippen LogP contribution in [-0.2, 0) is 27.5 Å². The summed E-state index contributed by atoms with van der Waals surface area (Å²) in [4.78, 5) is 51.1. The molecule has 1 unspecified atom stereocenters. The predicted molar refractivity (Wildman–Crippen MR) is 140 cm³/mol. The van der Waals surface area contributed by atoms with Crippen molar-refractivity contribution in [2.45, 2.75) is 39.0 Å². The number of methoxy groups -OCH3 is 1. The molecule has 1 saturated heterocycles. The Morgan fingerprint density at radius 2 is 1.82 bits per heavy atom. The molecule has 0 bridgehead atoms. The number of nitrogens with zero attached hydrogens (tertiary/aromatic N) is 1. The monoisotopic (exact) mass is 547 g/mol. The minimum Gasteiger partial charge on any atom is -0.495 e. The fraction of sp³-hybridized carbons (Fsp3) is 0.241. The maximum Gasteiger partial charge on any atom is 0.411 e. The van der Waals surface area contributed by atoms with E-state index in [1.165, 1.54) is 36.3 Å². The van der Waals surface area contributed by atoms with Crippen LogP contribution in [0, 0.1) is 12.7 Å². The van der Waals surface area contributed by atoms with Gasteiger partial charge in [-0.15, -0.1) is 0 Å². The van der Waals surface area contributed by atoms with Crippen LogP contribution in [-0.4, -0.2) is 41.9 Å². The second-order valence-corrected chi connectivity index (χ2v) is 9.43. The molecular formula is C29H26FN3O7. The normalized spacial score (nSPS) is 16.3. The quantitative estimate of drug-likeness (QED) is 0.419. The Kier molecular flexibility index (Phi) is 7.37. The van der Waals surface area contributed by atoms with Gasteiger partial charge in [-0.3, -0.25) is 25.0 Å². The van der Waals surface area contributed by atoms with Gasteiger partial charge in [-0.2, -0.15) is 0 Å². The zero-order valence-electron chi connectivity index (χ0n) is 21.8. The number of halogens is 1. The molecule has 5 rings (SSSR count). The zero-order chi connectivity index (χ0) is 28.4. The average Bonchev–Trinajstić information content (AvgIpc) is 3.26. The highest BCUT2D eigenvalue weighted by Crippen LogP contribution is 2.36. The molecule has 2 aliphatic rings. The van der Waals surface area contributed by atoms with Crippen molar-refractivity contribution >= 4 is 29.5 Å². The Hall–Kier alpha value is -4.93. The van der Waals surface area contributed by atoms with E-state index in [-0.39, 0.29) is 49.4 Å². The van der Waals surface area contributed by atoms with Crippen molar-refractivity contribution < 1.29 is 37.8 Å². The van der Waals surface area contributed by atoms with Crippen LogP contribution in [0.25, 0.3) is 0 Å². The van der Waals surface area contributed by atoms with Gasteiger partial charge in [0.15, 0.2) is 0 Å². The highest BCUT2D eigenvalue weighted by Gasteiger charge is 2.41. The third-order valence-electron chi connectivity index (χ3n) is 6.77. The minimum absolute atomic E-state index is 0.158. The first-order valence-corrected chi connectivity index (χ1v) is 12.5. The number of piperidine rings is 1. The van der Waals surface area contributed by atoms with Gasteiger partial charge in [0.2, 0.25) is 11.8 Å². The Morgan fingerprint density at radius 1 is 1.07 bits per heavy atom. The van der Waals surface area contributed by atoms with E-state index in [0.29, 0.717) is 39.4 Å². The predicted octanol–water partition coefficient (Wildman–Crippen LogP) is 4.44. The number of hydrogen-bond acceptors (Lipinski definition) is 7. The number of imide groups is 1. The molecule has 206 valence electrons. The summed E-state index contributed by atoms with van der Waals surface area (Å²) in [5.41, 5.74) is 2.69. The summed E-state index contributed by atoms with van der Waals surface area (Å²) in [7, 11) is 1.42. The molecule has 3 aromatic carbocycles. The van der Waals surface area contributed by atoms with Crippen LogP contribution in [0.1, 0.15) is 39.9 Å². The highest BCUT2D eigenvalue weighted by atomic mass is 19.1. The fourth-order valence-corrected chi connectivity index (χ4v) is 4.78. The van der Waals surface area contributed by atoms with Crippen molar-refractivity contribution in [1.82, 2.24) is 10.2 Å². The number of aryl methyl sites for hydroxylation is 1. The van der Waals surface area contributed by atoms with E-state index in [0.717, 1.165) is 0 Å². The number of hydrogen-bond donors (Lipinski definition) is 2. The SMILES string of the molecule is COc1c(COC(=O)Nc2ccc(Oc3ccc(F)cc3)cc2C)ccc2c1C(=O)N(C1CCC(=O)NC1=O)C2. The molecule has 10 nitrogen and oxygen atoms in total. The lowest BCUT2D eigenvalue weighted by atomic mass is 10.0. The third-order valence-corrected chi connectivity index (χ3v) is 6.77. The van der Waals surface area contributed by atoms with E-state index in [2.05, 4.69) is 10.6 Å². The van der Waals surface area contributed by atoms with Gasteiger partial charge in [0.05, 0.1) is 12.7 Å². The lowest BCUT2D eigenvalue weighted by Crippen LogP contribution is -2.52. The van der Waals surface area contributed by atoms with Gasteiger partial charge in [0, 0.05) is 24.2 Å². The van der Waals surface area contributed by atoms with Crippen molar-refractivity contribution in [2.75, 3.05) is 12.4 Å². The number of ether oxygens (including phenoxy) is 3. The molecular weight excluding hydrogens is 521 g/mol. The number of anilines is 1. The molecule has 4 amide bonds. The van der Waals surface area contributed by atoms with Gasteiger partial charge < -0.3 is 19.1 Å². The summed E-state index contributed by atoms with van der Waals surface area (Å²) >= 11 is 0. The van der Waals surface area contributed by atoms with Crippen molar-refractivity contribution in [3.05, 3.63) is 82.7 Å². The van der Waals surface area contributed by atoms with Crippen LogP contribution in [0.2, 0.25) is 0 Å². The molecule has 11 heteroatoms. The standard InChI is InChI=1S/C29H26FN3O7/c1-16-13-21(40-20-7-5-19(30)6-8-20)9-10-22(16)31-29(37)39-15-18-4-3-17-14-33(28(36)25(17)26(18)38-2)23-11-12-24(34)32-27(23)35/h3-10,13,23H,11-12,14-15H2,1-2H3,(H,31,37)(H,32,34,35). The van der Waals surface area contributed by atoms with Crippen molar-refractivity contribution in [3.63, 3.8) is 0 Å². The van der Waals surface area contributed by atoms with Crippen LogP contribution in [0.3, 0.4) is 0 Å². The Bertz CT molecular complexity index is 1510. The van der Waals surface area contributed by atoms with E-state index in [1.54, 1.807) is 37.3 Å². The summed E-state index contributed by atoms with van der Waals surface area (Å²) in [6, 6.07) is 13.4. The van der Waals surface area contributed by atoms with E-state index in [4.69, 9.17) is 14.2 Å². The van der Waals surface area contributed by atoms with Gasteiger partial charge in [-0.1, -0.05) is 12.1 Å². The summed E-state index contributed by atoms with van der Waals surface area (Å²) < 4.78 is 29.8. The smallest absolute Gasteiger partial charge is 0.411 e. The number of nitrogens with one attached hydrogen (secondary N) is 2. The topological polar surface area (TPSA) is 123 Å². The number of amides is 4. The molecule has 0 aliphatic carbocycles. The summed E-state index contributed by atoms with van der Waals surface area (Å²) in [6.07, 6.45) is -0.304. The van der Waals surface area contributed by atoms with Gasteiger partial charge in [0.25, 0.3) is 5.91 Å². The van der Waals surface area contributed by atoms with Gasteiger partial charge in [-0.25, -0.2) is 9.18 Å². The molecule has 2 N–H and O–H groups in total. The lowest BCUT2D eigenvalue weighted by molar-refractivity contribution is -0.136. The number of carbonyl (C=O) groups excluding carboxylic acids is 4. The van der Waals surface area contributed by atoms with E-state index in [9.17, 15) is 23.6 Å². The molecule has 2 heterocycles. The van der Waals surface area contributed by atoms with Crippen LogP contribution in [0.15, 0.2) is 54.6 Å². The molecule has 1 fully saturated rings.